The summed E-state index contributed by atoms with van der Waals surface area (Å²) in [5, 5.41) is 2.71. The van der Waals surface area contributed by atoms with Gasteiger partial charge >= 0.3 is 0 Å². The van der Waals surface area contributed by atoms with E-state index in [1.165, 1.54) is 18.3 Å². The van der Waals surface area contributed by atoms with E-state index >= 15 is 0 Å². The second-order valence-electron chi connectivity index (χ2n) is 7.14. The molecule has 2 fully saturated rings. The van der Waals surface area contributed by atoms with Crippen molar-refractivity contribution in [3.63, 3.8) is 0 Å². The average Bonchev–Trinajstić information content (AvgIpc) is 3.54. The van der Waals surface area contributed by atoms with Crippen molar-refractivity contribution in [3.8, 4) is 0 Å². The van der Waals surface area contributed by atoms with Gasteiger partial charge in [-0.15, -0.1) is 0 Å². The molecule has 1 N–H and O–H groups in total. The van der Waals surface area contributed by atoms with E-state index < -0.39 is 15.7 Å². The largest absolute Gasteiger partial charge is 0.336 e. The van der Waals surface area contributed by atoms with Gasteiger partial charge in [0.15, 0.2) is 15.0 Å². The number of hydrogen-bond donors (Lipinski definition) is 1. The van der Waals surface area contributed by atoms with Crippen molar-refractivity contribution in [2.24, 2.45) is 0 Å². The van der Waals surface area contributed by atoms with E-state index in [9.17, 15) is 18.0 Å². The third-order valence-corrected chi connectivity index (χ3v) is 9.13. The molecule has 2 aromatic rings. The first-order chi connectivity index (χ1) is 14.4. The molecule has 0 atom stereocenters. The number of carbonyl (C=O) groups is 2. The number of hydrogen-bond acceptors (Lipinski definition) is 7. The van der Waals surface area contributed by atoms with E-state index in [1.54, 1.807) is 17.0 Å². The summed E-state index contributed by atoms with van der Waals surface area (Å²) < 4.78 is 24.6. The van der Waals surface area contributed by atoms with Crippen molar-refractivity contribution >= 4 is 55.5 Å². The Morgan fingerprint density at radius 3 is 2.43 bits per heavy atom. The van der Waals surface area contributed by atoms with E-state index in [1.807, 2.05) is 11.8 Å². The number of rotatable bonds is 6. The molecule has 7 nitrogen and oxygen atoms in total. The Hall–Kier alpha value is -2.17. The Labute approximate surface area is 183 Å². The monoisotopic (exact) mass is 463 g/mol. The fourth-order valence-electron chi connectivity index (χ4n) is 3.07. The highest BCUT2D eigenvalue weighted by molar-refractivity contribution is 7.99. The van der Waals surface area contributed by atoms with E-state index in [2.05, 4.69) is 16.9 Å². The molecule has 1 aromatic carbocycles. The standard InChI is InChI=1S/C20H21N3O4S3/c1-13(14-2-4-15(5-3-14)30(26,27)16-6-7-16)18(24)22-20-21-12-17(29-20)19(25)23-8-10-28-11-9-23/h2-5,12,16H,1,6-11H2,(H,21,22,24). The number of nitrogens with one attached hydrogen (secondary N) is 1. The van der Waals surface area contributed by atoms with E-state index in [-0.39, 0.29) is 21.6 Å². The third-order valence-electron chi connectivity index (χ3n) is 5.00. The Bertz CT molecular complexity index is 1080. The Kier molecular flexibility index (Phi) is 5.99. The quantitative estimate of drug-likeness (QED) is 0.662. The molecule has 0 unspecified atom stereocenters. The minimum Gasteiger partial charge on any atom is -0.336 e. The summed E-state index contributed by atoms with van der Waals surface area (Å²) in [5.74, 6) is 1.33. The van der Waals surface area contributed by atoms with Crippen LogP contribution in [-0.4, -0.2) is 60.0 Å². The summed E-state index contributed by atoms with van der Waals surface area (Å²) in [4.78, 5) is 31.7. The molecule has 2 amide bonds. The highest BCUT2D eigenvalue weighted by Gasteiger charge is 2.36. The van der Waals surface area contributed by atoms with Gasteiger partial charge in [-0.3, -0.25) is 14.9 Å². The van der Waals surface area contributed by atoms with Gasteiger partial charge in [0, 0.05) is 30.2 Å². The number of sulfone groups is 1. The SMILES string of the molecule is C=C(C(=O)Nc1ncc(C(=O)N2CCSCC2)s1)c1ccc(S(=O)(=O)C2CC2)cc1. The van der Waals surface area contributed by atoms with Gasteiger partial charge in [-0.1, -0.05) is 30.0 Å². The van der Waals surface area contributed by atoms with Crippen LogP contribution >= 0.6 is 23.1 Å². The van der Waals surface area contributed by atoms with Crippen LogP contribution in [0.5, 0.6) is 0 Å². The number of thiazole rings is 1. The molecule has 0 radical (unpaired) electrons. The lowest BCUT2D eigenvalue weighted by molar-refractivity contribution is -0.111. The minimum absolute atomic E-state index is 0.0698. The molecule has 1 aliphatic carbocycles. The first kappa shape index (κ1) is 21.1. The van der Waals surface area contributed by atoms with Crippen LogP contribution < -0.4 is 5.32 Å². The molecule has 158 valence electrons. The Morgan fingerprint density at radius 2 is 1.80 bits per heavy atom. The number of amides is 2. The van der Waals surface area contributed by atoms with Gasteiger partial charge in [-0.05, 0) is 30.5 Å². The van der Waals surface area contributed by atoms with Crippen LogP contribution in [0.15, 0.2) is 41.9 Å². The van der Waals surface area contributed by atoms with Gasteiger partial charge in [-0.2, -0.15) is 11.8 Å². The summed E-state index contributed by atoms with van der Waals surface area (Å²) in [5.41, 5.74) is 0.724. The first-order valence-electron chi connectivity index (χ1n) is 9.53. The van der Waals surface area contributed by atoms with Gasteiger partial charge < -0.3 is 4.90 Å². The fourth-order valence-corrected chi connectivity index (χ4v) is 6.41. The summed E-state index contributed by atoms with van der Waals surface area (Å²) in [6.07, 6.45) is 2.88. The van der Waals surface area contributed by atoms with Crippen LogP contribution in [0.4, 0.5) is 5.13 Å². The van der Waals surface area contributed by atoms with Crippen molar-refractivity contribution in [2.45, 2.75) is 23.0 Å². The lowest BCUT2D eigenvalue weighted by Gasteiger charge is -2.25. The van der Waals surface area contributed by atoms with Crippen molar-refractivity contribution in [1.29, 1.82) is 0 Å². The lowest BCUT2D eigenvalue weighted by Crippen LogP contribution is -2.37. The van der Waals surface area contributed by atoms with Crippen molar-refractivity contribution in [2.75, 3.05) is 29.9 Å². The van der Waals surface area contributed by atoms with E-state index in [4.69, 9.17) is 0 Å². The maximum Gasteiger partial charge on any atom is 0.265 e. The summed E-state index contributed by atoms with van der Waals surface area (Å²) in [7, 11) is -3.27. The topological polar surface area (TPSA) is 96.4 Å². The maximum absolute atomic E-state index is 12.5. The molecule has 2 heterocycles. The van der Waals surface area contributed by atoms with Crippen LogP contribution in [0.2, 0.25) is 0 Å². The molecule has 1 aliphatic heterocycles. The normalized spacial score (nSPS) is 16.9. The predicted molar refractivity (Wildman–Crippen MR) is 120 cm³/mol. The number of benzene rings is 1. The highest BCUT2D eigenvalue weighted by atomic mass is 32.2. The molecule has 30 heavy (non-hydrogen) atoms. The maximum atomic E-state index is 12.5. The Balaban J connectivity index is 1.39. The minimum atomic E-state index is -3.27. The third kappa shape index (κ3) is 4.45. The van der Waals surface area contributed by atoms with E-state index in [0.29, 0.717) is 41.5 Å². The number of aromatic nitrogens is 1. The second kappa shape index (κ2) is 8.52. The molecule has 10 heteroatoms. The van der Waals surface area contributed by atoms with Gasteiger partial charge in [0.25, 0.3) is 11.8 Å². The molecule has 0 spiro atoms. The van der Waals surface area contributed by atoms with Gasteiger partial charge in [0.05, 0.1) is 16.3 Å². The molecule has 4 rings (SSSR count). The van der Waals surface area contributed by atoms with Crippen LogP contribution in [0.1, 0.15) is 28.1 Å². The second-order valence-corrected chi connectivity index (χ2v) is 11.6. The molecule has 0 bridgehead atoms. The van der Waals surface area contributed by atoms with Crippen molar-refractivity contribution in [3.05, 3.63) is 47.5 Å². The summed E-state index contributed by atoms with van der Waals surface area (Å²) in [6, 6.07) is 6.20. The van der Waals surface area contributed by atoms with Gasteiger partial charge in [0.1, 0.15) is 4.88 Å². The summed E-state index contributed by atoms with van der Waals surface area (Å²) >= 11 is 2.96. The van der Waals surface area contributed by atoms with Crippen molar-refractivity contribution in [1.82, 2.24) is 9.88 Å². The van der Waals surface area contributed by atoms with Crippen LogP contribution in [0.3, 0.4) is 0 Å². The molecular weight excluding hydrogens is 442 g/mol. The molecule has 1 saturated heterocycles. The van der Waals surface area contributed by atoms with Gasteiger partial charge in [-0.25, -0.2) is 13.4 Å². The molecule has 1 saturated carbocycles. The Morgan fingerprint density at radius 1 is 1.13 bits per heavy atom. The van der Waals surface area contributed by atoms with Crippen molar-refractivity contribution < 1.29 is 18.0 Å². The van der Waals surface area contributed by atoms with Crippen LogP contribution in [0.25, 0.3) is 5.57 Å². The smallest absolute Gasteiger partial charge is 0.265 e. The first-order valence-corrected chi connectivity index (χ1v) is 13.1. The predicted octanol–water partition coefficient (Wildman–Crippen LogP) is 2.92. The zero-order valence-electron chi connectivity index (χ0n) is 16.2. The van der Waals surface area contributed by atoms with Crippen LogP contribution in [-0.2, 0) is 14.6 Å². The zero-order chi connectivity index (χ0) is 21.3. The highest BCUT2D eigenvalue weighted by Crippen LogP contribution is 2.33. The number of carbonyl (C=O) groups excluding carboxylic acids is 2. The summed E-state index contributed by atoms with van der Waals surface area (Å²) in [6.45, 7) is 5.24. The number of nitrogens with zero attached hydrogens (tertiary/aromatic N) is 2. The average molecular weight is 464 g/mol. The number of thioether (sulfide) groups is 1. The fraction of sp³-hybridized carbons (Fsp3) is 0.350. The zero-order valence-corrected chi connectivity index (χ0v) is 18.6. The number of anilines is 1. The van der Waals surface area contributed by atoms with Crippen LogP contribution in [0, 0.1) is 0 Å². The molecule has 2 aliphatic rings. The molecule has 1 aromatic heterocycles. The van der Waals surface area contributed by atoms with E-state index in [0.717, 1.165) is 22.8 Å². The van der Waals surface area contributed by atoms with Gasteiger partial charge in [0.2, 0.25) is 0 Å². The lowest BCUT2D eigenvalue weighted by atomic mass is 10.1. The molecular formula is C20H21N3O4S3.